The van der Waals surface area contributed by atoms with Gasteiger partial charge in [0.1, 0.15) is 5.75 Å². The van der Waals surface area contributed by atoms with E-state index in [4.69, 9.17) is 9.84 Å². The molecule has 0 aliphatic rings. The minimum atomic E-state index is -1.28. The second kappa shape index (κ2) is 6.04. The number of nitrogens with one attached hydrogen (secondary N) is 1. The minimum Gasteiger partial charge on any atom is -0.478 e. The highest BCUT2D eigenvalue weighted by Crippen LogP contribution is 2.19. The molecule has 5 nitrogen and oxygen atoms in total. The van der Waals surface area contributed by atoms with Crippen LogP contribution in [0.5, 0.6) is 5.75 Å². The largest absolute Gasteiger partial charge is 0.478 e. The Morgan fingerprint density at radius 1 is 1.37 bits per heavy atom. The highest BCUT2D eigenvalue weighted by molar-refractivity contribution is 5.86. The van der Waals surface area contributed by atoms with Gasteiger partial charge in [0.2, 0.25) is 5.91 Å². The van der Waals surface area contributed by atoms with E-state index in [0.29, 0.717) is 12.3 Å². The zero-order valence-electron chi connectivity index (χ0n) is 11.0. The summed E-state index contributed by atoms with van der Waals surface area (Å²) in [5.41, 5.74) is -0.394. The normalized spacial score (nSPS) is 10.6. The number of carboxylic acid groups (broad SMARTS) is 1. The summed E-state index contributed by atoms with van der Waals surface area (Å²) in [6.07, 6.45) is 1.20. The van der Waals surface area contributed by atoms with Gasteiger partial charge in [0, 0.05) is 6.54 Å². The maximum Gasteiger partial charge on any atom is 0.347 e. The summed E-state index contributed by atoms with van der Waals surface area (Å²) >= 11 is 0. The van der Waals surface area contributed by atoms with E-state index >= 15 is 0 Å². The van der Waals surface area contributed by atoms with E-state index in [2.05, 4.69) is 11.9 Å². The number of carboxylic acids is 1. The third-order valence-corrected chi connectivity index (χ3v) is 2.46. The van der Waals surface area contributed by atoms with Gasteiger partial charge in [-0.05, 0) is 37.6 Å². The van der Waals surface area contributed by atoms with Gasteiger partial charge >= 0.3 is 5.97 Å². The van der Waals surface area contributed by atoms with Crippen molar-refractivity contribution in [3.63, 3.8) is 0 Å². The highest BCUT2D eigenvalue weighted by Gasteiger charge is 2.29. The molecule has 1 aromatic carbocycles. The van der Waals surface area contributed by atoms with Gasteiger partial charge in [-0.3, -0.25) is 4.79 Å². The molecule has 1 rings (SSSR count). The molecule has 0 aliphatic heterocycles. The standard InChI is InChI=1S/C14H17NO4/c1-4-12(16)15-9-10-5-7-11(8-6-10)19-14(2,3)13(17)18/h4-8H,1,9H2,2-3H3,(H,15,16)(H,17,18). The molecule has 0 aliphatic carbocycles. The van der Waals surface area contributed by atoms with Gasteiger partial charge in [-0.15, -0.1) is 0 Å². The number of amides is 1. The van der Waals surface area contributed by atoms with Crippen LogP contribution < -0.4 is 10.1 Å². The second-order valence-corrected chi connectivity index (χ2v) is 4.48. The monoisotopic (exact) mass is 263 g/mol. The first-order valence-corrected chi connectivity index (χ1v) is 5.77. The first-order chi connectivity index (χ1) is 8.85. The molecule has 1 aromatic rings. The van der Waals surface area contributed by atoms with Crippen LogP contribution in [0.15, 0.2) is 36.9 Å². The molecule has 0 heterocycles. The van der Waals surface area contributed by atoms with Crippen LogP contribution in [0.3, 0.4) is 0 Å². The van der Waals surface area contributed by atoms with Gasteiger partial charge in [0.25, 0.3) is 0 Å². The summed E-state index contributed by atoms with van der Waals surface area (Å²) in [5.74, 6) is -0.812. The molecule has 102 valence electrons. The maximum atomic E-state index is 11.0. The number of aliphatic carboxylic acids is 1. The second-order valence-electron chi connectivity index (χ2n) is 4.48. The average molecular weight is 263 g/mol. The van der Waals surface area contributed by atoms with Gasteiger partial charge in [0.05, 0.1) is 0 Å². The minimum absolute atomic E-state index is 0.243. The molecule has 19 heavy (non-hydrogen) atoms. The summed E-state index contributed by atoms with van der Waals surface area (Å²) in [5, 5.41) is 11.6. The van der Waals surface area contributed by atoms with E-state index in [1.54, 1.807) is 24.3 Å². The van der Waals surface area contributed by atoms with Crippen molar-refractivity contribution in [3.8, 4) is 5.75 Å². The molecule has 0 saturated heterocycles. The van der Waals surface area contributed by atoms with E-state index in [1.807, 2.05) is 0 Å². The molecular weight excluding hydrogens is 246 g/mol. The molecule has 0 atom stereocenters. The van der Waals surface area contributed by atoms with Gasteiger partial charge in [-0.1, -0.05) is 18.7 Å². The number of carbonyl (C=O) groups is 2. The van der Waals surface area contributed by atoms with Gasteiger partial charge in [0.15, 0.2) is 5.60 Å². The molecule has 0 bridgehead atoms. The zero-order valence-corrected chi connectivity index (χ0v) is 11.0. The van der Waals surface area contributed by atoms with E-state index in [-0.39, 0.29) is 5.91 Å². The predicted molar refractivity (Wildman–Crippen MR) is 70.8 cm³/mol. The van der Waals surface area contributed by atoms with Crippen LogP contribution in [0.25, 0.3) is 0 Å². The van der Waals surface area contributed by atoms with Crippen LogP contribution in [-0.2, 0) is 16.1 Å². The molecule has 2 N–H and O–H groups in total. The number of benzene rings is 1. The molecule has 0 unspecified atom stereocenters. The lowest BCUT2D eigenvalue weighted by atomic mass is 10.1. The molecule has 0 saturated carbocycles. The average Bonchev–Trinajstić information content (AvgIpc) is 2.37. The molecular formula is C14H17NO4. The summed E-state index contributed by atoms with van der Waals surface area (Å²) in [7, 11) is 0. The number of hydrogen-bond acceptors (Lipinski definition) is 3. The molecule has 0 aromatic heterocycles. The van der Waals surface area contributed by atoms with Crippen LogP contribution in [0.2, 0.25) is 0 Å². The Kier molecular flexibility index (Phi) is 4.69. The van der Waals surface area contributed by atoms with Crippen molar-refractivity contribution >= 4 is 11.9 Å². The van der Waals surface area contributed by atoms with E-state index < -0.39 is 11.6 Å². The first-order valence-electron chi connectivity index (χ1n) is 5.77. The number of carbonyl (C=O) groups excluding carboxylic acids is 1. The fourth-order valence-electron chi connectivity index (χ4n) is 1.27. The van der Waals surface area contributed by atoms with E-state index in [9.17, 15) is 9.59 Å². The number of hydrogen-bond donors (Lipinski definition) is 2. The highest BCUT2D eigenvalue weighted by atomic mass is 16.5. The molecule has 0 radical (unpaired) electrons. The SMILES string of the molecule is C=CC(=O)NCc1ccc(OC(C)(C)C(=O)O)cc1. The molecule has 5 heteroatoms. The van der Waals surface area contributed by atoms with Crippen LogP contribution in [0.1, 0.15) is 19.4 Å². The lowest BCUT2D eigenvalue weighted by Gasteiger charge is -2.21. The van der Waals surface area contributed by atoms with Crippen molar-refractivity contribution in [2.75, 3.05) is 0 Å². The Balaban J connectivity index is 2.64. The summed E-state index contributed by atoms with van der Waals surface area (Å²) in [6, 6.07) is 6.85. The van der Waals surface area contributed by atoms with Crippen LogP contribution in [0, 0.1) is 0 Å². The Morgan fingerprint density at radius 3 is 2.42 bits per heavy atom. The number of rotatable bonds is 6. The van der Waals surface area contributed by atoms with Crippen LogP contribution >= 0.6 is 0 Å². The summed E-state index contributed by atoms with van der Waals surface area (Å²) in [4.78, 5) is 21.9. The van der Waals surface area contributed by atoms with Crippen molar-refractivity contribution in [2.24, 2.45) is 0 Å². The van der Waals surface area contributed by atoms with Crippen molar-refractivity contribution in [3.05, 3.63) is 42.5 Å². The van der Waals surface area contributed by atoms with Crippen molar-refractivity contribution in [1.82, 2.24) is 5.32 Å². The summed E-state index contributed by atoms with van der Waals surface area (Å²) in [6.45, 7) is 6.70. The fraction of sp³-hybridized carbons (Fsp3) is 0.286. The molecule has 1 amide bonds. The number of ether oxygens (including phenoxy) is 1. The molecule has 0 fully saturated rings. The maximum absolute atomic E-state index is 11.0. The summed E-state index contributed by atoms with van der Waals surface area (Å²) < 4.78 is 5.36. The van der Waals surface area contributed by atoms with Gasteiger partial charge < -0.3 is 15.2 Å². The van der Waals surface area contributed by atoms with Crippen molar-refractivity contribution in [1.29, 1.82) is 0 Å². The van der Waals surface area contributed by atoms with Gasteiger partial charge in [-0.25, -0.2) is 4.79 Å². The Hall–Kier alpha value is -2.30. The molecule has 0 spiro atoms. The van der Waals surface area contributed by atoms with Crippen molar-refractivity contribution in [2.45, 2.75) is 26.0 Å². The van der Waals surface area contributed by atoms with Crippen LogP contribution in [0.4, 0.5) is 0 Å². The Labute approximate surface area is 111 Å². The zero-order chi connectivity index (χ0) is 14.5. The van der Waals surface area contributed by atoms with Crippen molar-refractivity contribution < 1.29 is 19.4 Å². The third-order valence-electron chi connectivity index (χ3n) is 2.46. The first kappa shape index (κ1) is 14.8. The van der Waals surface area contributed by atoms with E-state index in [0.717, 1.165) is 5.56 Å². The smallest absolute Gasteiger partial charge is 0.347 e. The lowest BCUT2D eigenvalue weighted by molar-refractivity contribution is -0.152. The quantitative estimate of drug-likeness (QED) is 0.766. The predicted octanol–water partition coefficient (Wildman–Crippen LogP) is 1.73. The fourth-order valence-corrected chi connectivity index (χ4v) is 1.27. The van der Waals surface area contributed by atoms with Crippen LogP contribution in [-0.4, -0.2) is 22.6 Å². The Bertz CT molecular complexity index is 477. The van der Waals surface area contributed by atoms with E-state index in [1.165, 1.54) is 19.9 Å². The lowest BCUT2D eigenvalue weighted by Crippen LogP contribution is -2.37. The van der Waals surface area contributed by atoms with Gasteiger partial charge in [-0.2, -0.15) is 0 Å². The third kappa shape index (κ3) is 4.46. The Morgan fingerprint density at radius 2 is 1.95 bits per heavy atom. The topological polar surface area (TPSA) is 75.6 Å².